The van der Waals surface area contributed by atoms with E-state index in [-0.39, 0.29) is 30.6 Å². The molecule has 1 aliphatic rings. The van der Waals surface area contributed by atoms with Crippen LogP contribution in [0.15, 0.2) is 85.5 Å². The number of amides is 2. The maximum absolute atomic E-state index is 12.7. The first-order valence-electron chi connectivity index (χ1n) is 15.7. The van der Waals surface area contributed by atoms with Crippen molar-refractivity contribution in [1.82, 2.24) is 4.90 Å². The Kier molecular flexibility index (Phi) is 13.1. The summed E-state index contributed by atoms with van der Waals surface area (Å²) in [5.41, 5.74) is 10.5. The molecule has 3 aromatic rings. The van der Waals surface area contributed by atoms with E-state index in [1.807, 2.05) is 73.8 Å². The normalized spacial score (nSPS) is 18.0. The molecule has 3 atom stereocenters. The van der Waals surface area contributed by atoms with Crippen LogP contribution in [0, 0.1) is 0 Å². The van der Waals surface area contributed by atoms with E-state index in [1.165, 1.54) is 0 Å². The first kappa shape index (κ1) is 33.9. The lowest BCUT2D eigenvalue weighted by Crippen LogP contribution is -2.37. The molecule has 0 aromatic heterocycles. The molecule has 0 aliphatic carbocycles. The first-order valence-corrected chi connectivity index (χ1v) is 15.7. The van der Waals surface area contributed by atoms with E-state index in [4.69, 9.17) is 15.2 Å². The van der Waals surface area contributed by atoms with Gasteiger partial charge in [0.15, 0.2) is 6.29 Å². The van der Waals surface area contributed by atoms with Crippen molar-refractivity contribution in [1.29, 1.82) is 0 Å². The van der Waals surface area contributed by atoms with Gasteiger partial charge in [0, 0.05) is 43.6 Å². The maximum Gasteiger partial charge on any atom is 0.224 e. The Bertz CT molecular complexity index is 1400. The van der Waals surface area contributed by atoms with Crippen molar-refractivity contribution < 1.29 is 24.2 Å². The van der Waals surface area contributed by atoms with Crippen LogP contribution in [0.3, 0.4) is 0 Å². The second kappa shape index (κ2) is 17.5. The molecule has 5 N–H and O–H groups in total. The molecule has 0 saturated carbocycles. The lowest BCUT2D eigenvalue weighted by molar-refractivity contribution is -0.252. The van der Waals surface area contributed by atoms with E-state index in [1.54, 1.807) is 12.1 Å². The number of nitrogens with one attached hydrogen (secondary N) is 2. The third-order valence-corrected chi connectivity index (χ3v) is 7.81. The number of likely N-dealkylation sites (N-methyl/N-ethyl adjacent to an activating group) is 1. The molecule has 0 bridgehead atoms. The van der Waals surface area contributed by atoms with Crippen LogP contribution in [-0.2, 0) is 25.7 Å². The summed E-state index contributed by atoms with van der Waals surface area (Å²) in [5, 5.41) is 15.3. The molecule has 1 aliphatic heterocycles. The van der Waals surface area contributed by atoms with Crippen molar-refractivity contribution >= 4 is 28.9 Å². The predicted molar refractivity (Wildman–Crippen MR) is 178 cm³/mol. The van der Waals surface area contributed by atoms with Crippen molar-refractivity contribution in [2.45, 2.75) is 70.1 Å². The van der Waals surface area contributed by atoms with Gasteiger partial charge >= 0.3 is 0 Å². The molecule has 0 spiro atoms. The Hall–Kier alpha value is -4.02. The number of nitrogens with two attached hydrogens (primary N) is 1. The van der Waals surface area contributed by atoms with E-state index in [0.717, 1.165) is 55.5 Å². The van der Waals surface area contributed by atoms with E-state index in [2.05, 4.69) is 22.1 Å². The van der Waals surface area contributed by atoms with Gasteiger partial charge in [-0.1, -0.05) is 67.4 Å². The molecule has 9 nitrogen and oxygen atoms in total. The van der Waals surface area contributed by atoms with Gasteiger partial charge in [0.25, 0.3) is 0 Å². The van der Waals surface area contributed by atoms with Gasteiger partial charge in [-0.25, -0.2) is 0 Å². The van der Waals surface area contributed by atoms with Gasteiger partial charge in [0.05, 0.1) is 30.2 Å². The van der Waals surface area contributed by atoms with Crippen LogP contribution >= 0.6 is 0 Å². The number of aliphatic hydroxyl groups excluding tert-OH is 1. The molecule has 9 heteroatoms. The van der Waals surface area contributed by atoms with Crippen molar-refractivity contribution in [3.8, 4) is 0 Å². The molecule has 1 fully saturated rings. The quantitative estimate of drug-likeness (QED) is 0.0842. The highest BCUT2D eigenvalue weighted by Crippen LogP contribution is 2.38. The van der Waals surface area contributed by atoms with Crippen LogP contribution in [0.1, 0.15) is 74.0 Å². The van der Waals surface area contributed by atoms with Crippen molar-refractivity contribution in [3.05, 3.63) is 102 Å². The number of hydrogen-bond donors (Lipinski definition) is 4. The van der Waals surface area contributed by atoms with E-state index in [0.29, 0.717) is 36.3 Å². The molecule has 1 saturated heterocycles. The third kappa shape index (κ3) is 10.8. The van der Waals surface area contributed by atoms with Crippen LogP contribution in [0.25, 0.3) is 0 Å². The highest BCUT2D eigenvalue weighted by molar-refractivity contribution is 5.93. The summed E-state index contributed by atoms with van der Waals surface area (Å²) in [6, 6.07) is 22.6. The topological polar surface area (TPSA) is 126 Å². The maximum atomic E-state index is 12.7. The van der Waals surface area contributed by atoms with Gasteiger partial charge in [-0.3, -0.25) is 9.59 Å². The number of unbranched alkanes of at least 4 members (excludes halogenated alkanes) is 3. The number of para-hydroxylation sites is 2. The molecule has 4 rings (SSSR count). The Labute approximate surface area is 266 Å². The number of aliphatic hydroxyl groups is 1. The van der Waals surface area contributed by atoms with Gasteiger partial charge in [0.2, 0.25) is 11.8 Å². The number of rotatable bonds is 16. The van der Waals surface area contributed by atoms with Gasteiger partial charge < -0.3 is 35.8 Å². The first-order chi connectivity index (χ1) is 21.8. The Balaban J connectivity index is 1.26. The monoisotopic (exact) mass is 614 g/mol. The van der Waals surface area contributed by atoms with E-state index >= 15 is 0 Å². The summed E-state index contributed by atoms with van der Waals surface area (Å²) >= 11 is 0. The molecular formula is C36H46N4O5. The number of hydrogen-bond acceptors (Lipinski definition) is 7. The van der Waals surface area contributed by atoms with E-state index in [9.17, 15) is 14.7 Å². The fraction of sp³-hybridized carbons (Fsp3) is 0.389. The number of nitrogens with zero attached hydrogens (tertiary/aromatic N) is 1. The lowest BCUT2D eigenvalue weighted by atomic mass is 9.99. The summed E-state index contributed by atoms with van der Waals surface area (Å²) in [6.45, 7) is 5.31. The molecular weight excluding hydrogens is 568 g/mol. The summed E-state index contributed by atoms with van der Waals surface area (Å²) < 4.78 is 12.9. The number of nitrogen functional groups attached to an aromatic ring is 1. The summed E-state index contributed by atoms with van der Waals surface area (Å²) in [5.74, 6) is -0.113. The largest absolute Gasteiger partial charge is 0.397 e. The summed E-state index contributed by atoms with van der Waals surface area (Å²) in [4.78, 5) is 27.1. The van der Waals surface area contributed by atoms with Gasteiger partial charge in [-0.15, -0.1) is 6.58 Å². The zero-order valence-electron chi connectivity index (χ0n) is 26.1. The second-order valence-electron chi connectivity index (χ2n) is 11.6. The molecule has 0 radical (unpaired) electrons. The fourth-order valence-electron chi connectivity index (χ4n) is 5.41. The minimum Gasteiger partial charge on any atom is -0.397 e. The average molecular weight is 615 g/mol. The van der Waals surface area contributed by atoms with Crippen LogP contribution in [0.4, 0.5) is 17.1 Å². The third-order valence-electron chi connectivity index (χ3n) is 7.81. The van der Waals surface area contributed by atoms with E-state index < -0.39 is 6.29 Å². The van der Waals surface area contributed by atoms with Crippen molar-refractivity contribution in [2.24, 2.45) is 0 Å². The zero-order valence-corrected chi connectivity index (χ0v) is 26.1. The summed E-state index contributed by atoms with van der Waals surface area (Å²) in [7, 11) is 2.04. The Morgan fingerprint density at radius 1 is 0.933 bits per heavy atom. The van der Waals surface area contributed by atoms with Crippen LogP contribution in [0.5, 0.6) is 0 Å². The highest BCUT2D eigenvalue weighted by atomic mass is 16.7. The van der Waals surface area contributed by atoms with Crippen molar-refractivity contribution in [3.63, 3.8) is 0 Å². The van der Waals surface area contributed by atoms with Crippen LogP contribution in [-0.4, -0.2) is 48.1 Å². The number of anilines is 3. The van der Waals surface area contributed by atoms with Crippen LogP contribution in [0.2, 0.25) is 0 Å². The molecule has 240 valence electrons. The molecule has 45 heavy (non-hydrogen) atoms. The zero-order chi connectivity index (χ0) is 32.0. The van der Waals surface area contributed by atoms with Crippen molar-refractivity contribution in [2.75, 3.05) is 36.5 Å². The Morgan fingerprint density at radius 2 is 1.64 bits per heavy atom. The standard InChI is InChI=1S/C36H46N4O5/c1-3-21-40(2)24-30-23-33(27-19-17-26(25-41)18-20-27)45-36(44-30)28-11-10-12-29(22-28)38-34(42)15-6-4-5-7-16-35(43)39-32-14-9-8-13-31(32)37/h3,8-14,17-20,22,30,33,36,41H,1,4-7,15-16,21,23-25,37H2,2H3,(H,38,42)(H,39,43)/t30-,33+,36+/m1/s1. The SMILES string of the molecule is C=CCN(C)C[C@H]1C[C@@H](c2ccc(CO)cc2)O[C@@H](c2cccc(NC(=O)CCCCCCC(=O)Nc3ccccc3N)c2)O1. The number of carbonyl (C=O) groups excluding carboxylic acids is 2. The second-order valence-corrected chi connectivity index (χ2v) is 11.6. The molecule has 2 amide bonds. The fourth-order valence-corrected chi connectivity index (χ4v) is 5.41. The molecule has 3 aromatic carbocycles. The number of benzene rings is 3. The van der Waals surface area contributed by atoms with Gasteiger partial charge in [0.1, 0.15) is 0 Å². The minimum absolute atomic E-state index is 0.00476. The smallest absolute Gasteiger partial charge is 0.224 e. The lowest BCUT2D eigenvalue weighted by Gasteiger charge is -2.37. The predicted octanol–water partition coefficient (Wildman–Crippen LogP) is 6.34. The molecule has 1 heterocycles. The minimum atomic E-state index is -0.601. The summed E-state index contributed by atoms with van der Waals surface area (Å²) in [6.07, 6.45) is 5.74. The van der Waals surface area contributed by atoms with Crippen LogP contribution < -0.4 is 16.4 Å². The molecule has 0 unspecified atom stereocenters. The number of ether oxygens (including phenoxy) is 2. The highest BCUT2D eigenvalue weighted by Gasteiger charge is 2.32. The average Bonchev–Trinajstić information content (AvgIpc) is 3.04. The Morgan fingerprint density at radius 3 is 2.33 bits per heavy atom. The van der Waals surface area contributed by atoms with Gasteiger partial charge in [-0.2, -0.15) is 0 Å². The van der Waals surface area contributed by atoms with Gasteiger partial charge in [-0.05, 0) is 55.3 Å². The number of carbonyl (C=O) groups is 2.